The van der Waals surface area contributed by atoms with Gasteiger partial charge in [-0.3, -0.25) is 4.79 Å². The van der Waals surface area contributed by atoms with E-state index in [1.54, 1.807) is 0 Å². The molecular weight excluding hydrogens is 247 g/mol. The highest BCUT2D eigenvalue weighted by molar-refractivity contribution is 5.76. The van der Waals surface area contributed by atoms with Crippen LogP contribution in [0.3, 0.4) is 0 Å². The Kier molecular flexibility index (Phi) is 5.15. The van der Waals surface area contributed by atoms with Crippen LogP contribution in [0.1, 0.15) is 12.0 Å². The van der Waals surface area contributed by atoms with Gasteiger partial charge in [0.15, 0.2) is 6.10 Å². The summed E-state index contributed by atoms with van der Waals surface area (Å²) in [6, 6.07) is 9.14. The third-order valence-electron chi connectivity index (χ3n) is 2.35. The van der Waals surface area contributed by atoms with Gasteiger partial charge in [0.25, 0.3) is 0 Å². The number of carbonyl (C=O) groups excluding carboxylic acids is 1. The molecule has 0 aliphatic heterocycles. The molecule has 3 nitrogen and oxygen atoms in total. The van der Waals surface area contributed by atoms with Gasteiger partial charge in [0.05, 0.1) is 6.54 Å². The molecule has 0 heterocycles. The molecule has 0 bridgehead atoms. The van der Waals surface area contributed by atoms with Gasteiger partial charge in [0.1, 0.15) is 0 Å². The summed E-state index contributed by atoms with van der Waals surface area (Å²) in [6.07, 6.45) is -6.67. The Morgan fingerprint density at radius 3 is 2.44 bits per heavy atom. The Balaban J connectivity index is 2.27. The van der Waals surface area contributed by atoms with Crippen LogP contribution >= 0.6 is 0 Å². The predicted octanol–water partition coefficient (Wildman–Crippen LogP) is 1.66. The fourth-order valence-electron chi connectivity index (χ4n) is 1.32. The summed E-state index contributed by atoms with van der Waals surface area (Å²) in [5.74, 6) is -0.512. The van der Waals surface area contributed by atoms with Crippen LogP contribution in [0.25, 0.3) is 0 Å². The molecular formula is C12H14F3NO2. The highest BCUT2D eigenvalue weighted by Gasteiger charge is 2.38. The number of alkyl halides is 3. The number of aryl methyl sites for hydroxylation is 1. The molecule has 1 unspecified atom stereocenters. The normalized spacial score (nSPS) is 13.1. The summed E-state index contributed by atoms with van der Waals surface area (Å²) < 4.78 is 35.8. The van der Waals surface area contributed by atoms with Crippen molar-refractivity contribution in [3.8, 4) is 0 Å². The molecule has 0 saturated carbocycles. The van der Waals surface area contributed by atoms with Crippen LogP contribution in [-0.4, -0.2) is 29.8 Å². The van der Waals surface area contributed by atoms with Crippen molar-refractivity contribution < 1.29 is 23.1 Å². The van der Waals surface area contributed by atoms with Crippen molar-refractivity contribution in [2.75, 3.05) is 6.54 Å². The molecule has 1 aromatic carbocycles. The molecule has 1 amide bonds. The number of rotatable bonds is 5. The van der Waals surface area contributed by atoms with E-state index in [1.807, 2.05) is 30.3 Å². The molecule has 0 radical (unpaired) electrons. The smallest absolute Gasteiger partial charge is 0.382 e. The SMILES string of the molecule is O=C(CCc1ccccc1)NCC(O)C(F)(F)F. The van der Waals surface area contributed by atoms with Gasteiger partial charge >= 0.3 is 6.18 Å². The summed E-state index contributed by atoms with van der Waals surface area (Å²) >= 11 is 0. The highest BCUT2D eigenvalue weighted by atomic mass is 19.4. The van der Waals surface area contributed by atoms with Gasteiger partial charge in [-0.15, -0.1) is 0 Å². The van der Waals surface area contributed by atoms with Crippen LogP contribution in [-0.2, 0) is 11.2 Å². The Hall–Kier alpha value is -1.56. The summed E-state index contributed by atoms with van der Waals surface area (Å²) in [5.41, 5.74) is 0.934. The van der Waals surface area contributed by atoms with Crippen molar-refractivity contribution in [2.24, 2.45) is 0 Å². The molecule has 0 aliphatic carbocycles. The highest BCUT2D eigenvalue weighted by Crippen LogP contribution is 2.19. The lowest BCUT2D eigenvalue weighted by Gasteiger charge is -2.14. The summed E-state index contributed by atoms with van der Waals surface area (Å²) in [7, 11) is 0. The lowest BCUT2D eigenvalue weighted by Crippen LogP contribution is -2.40. The van der Waals surface area contributed by atoms with Crippen molar-refractivity contribution in [2.45, 2.75) is 25.1 Å². The lowest BCUT2D eigenvalue weighted by molar-refractivity contribution is -0.201. The number of carbonyl (C=O) groups is 1. The van der Waals surface area contributed by atoms with Gasteiger partial charge in [0.2, 0.25) is 5.91 Å². The second kappa shape index (κ2) is 6.39. The van der Waals surface area contributed by atoms with Crippen molar-refractivity contribution in [1.29, 1.82) is 0 Å². The average Bonchev–Trinajstić information content (AvgIpc) is 2.33. The van der Waals surface area contributed by atoms with Crippen LogP contribution < -0.4 is 5.32 Å². The minimum absolute atomic E-state index is 0.0919. The number of halogens is 3. The molecule has 0 saturated heterocycles. The molecule has 0 fully saturated rings. The van der Waals surface area contributed by atoms with E-state index < -0.39 is 24.7 Å². The van der Waals surface area contributed by atoms with E-state index >= 15 is 0 Å². The molecule has 6 heteroatoms. The second-order valence-corrected chi connectivity index (χ2v) is 3.85. The number of hydrogen-bond acceptors (Lipinski definition) is 2. The molecule has 0 aliphatic rings. The van der Waals surface area contributed by atoms with Crippen LogP contribution in [0, 0.1) is 0 Å². The van der Waals surface area contributed by atoms with E-state index in [0.29, 0.717) is 6.42 Å². The quantitative estimate of drug-likeness (QED) is 0.847. The fraction of sp³-hybridized carbons (Fsp3) is 0.417. The number of hydrogen-bond donors (Lipinski definition) is 2. The standard InChI is InChI=1S/C12H14F3NO2/c13-12(14,15)10(17)8-16-11(18)7-6-9-4-2-1-3-5-9/h1-5,10,17H,6-8H2,(H,16,18). The summed E-state index contributed by atoms with van der Waals surface area (Å²) in [6.45, 7) is -0.808. The Morgan fingerprint density at radius 2 is 1.89 bits per heavy atom. The van der Waals surface area contributed by atoms with E-state index in [0.717, 1.165) is 5.56 Å². The number of amides is 1. The number of nitrogens with one attached hydrogen (secondary N) is 1. The van der Waals surface area contributed by atoms with E-state index in [-0.39, 0.29) is 6.42 Å². The molecule has 18 heavy (non-hydrogen) atoms. The van der Waals surface area contributed by atoms with E-state index in [2.05, 4.69) is 5.32 Å². The van der Waals surface area contributed by atoms with Gasteiger partial charge in [-0.1, -0.05) is 30.3 Å². The Morgan fingerprint density at radius 1 is 1.28 bits per heavy atom. The summed E-state index contributed by atoms with van der Waals surface area (Å²) in [4.78, 5) is 11.3. The third-order valence-corrected chi connectivity index (χ3v) is 2.35. The number of aliphatic hydroxyl groups is 1. The van der Waals surface area contributed by atoms with Crippen LogP contribution in [0.5, 0.6) is 0 Å². The zero-order valence-corrected chi connectivity index (χ0v) is 9.57. The van der Waals surface area contributed by atoms with E-state index in [9.17, 15) is 18.0 Å². The van der Waals surface area contributed by atoms with Crippen LogP contribution in [0.4, 0.5) is 13.2 Å². The molecule has 1 aromatic rings. The monoisotopic (exact) mass is 261 g/mol. The van der Waals surface area contributed by atoms with E-state index in [4.69, 9.17) is 5.11 Å². The summed E-state index contributed by atoms with van der Waals surface area (Å²) in [5, 5.41) is 10.7. The van der Waals surface area contributed by atoms with Crippen LogP contribution in [0.2, 0.25) is 0 Å². The Bertz CT molecular complexity index is 379. The molecule has 0 spiro atoms. The minimum atomic E-state index is -4.70. The second-order valence-electron chi connectivity index (χ2n) is 3.85. The molecule has 2 N–H and O–H groups in total. The van der Waals surface area contributed by atoms with Gasteiger partial charge in [0, 0.05) is 6.42 Å². The number of benzene rings is 1. The fourth-order valence-corrected chi connectivity index (χ4v) is 1.32. The zero-order chi connectivity index (χ0) is 13.6. The van der Waals surface area contributed by atoms with Gasteiger partial charge in [-0.2, -0.15) is 13.2 Å². The van der Waals surface area contributed by atoms with E-state index in [1.165, 1.54) is 0 Å². The first-order valence-corrected chi connectivity index (χ1v) is 5.45. The first kappa shape index (κ1) is 14.5. The maximum Gasteiger partial charge on any atom is 0.416 e. The lowest BCUT2D eigenvalue weighted by atomic mass is 10.1. The third kappa shape index (κ3) is 5.18. The topological polar surface area (TPSA) is 49.3 Å². The first-order chi connectivity index (χ1) is 8.39. The van der Waals surface area contributed by atoms with Crippen molar-refractivity contribution >= 4 is 5.91 Å². The van der Waals surface area contributed by atoms with Gasteiger partial charge < -0.3 is 10.4 Å². The van der Waals surface area contributed by atoms with Crippen molar-refractivity contribution in [3.05, 3.63) is 35.9 Å². The maximum atomic E-state index is 11.9. The Labute approximate surface area is 103 Å². The van der Waals surface area contributed by atoms with Crippen molar-refractivity contribution in [1.82, 2.24) is 5.32 Å². The van der Waals surface area contributed by atoms with Gasteiger partial charge in [-0.05, 0) is 12.0 Å². The molecule has 0 aromatic heterocycles. The minimum Gasteiger partial charge on any atom is -0.382 e. The largest absolute Gasteiger partial charge is 0.416 e. The molecule has 1 atom stereocenters. The zero-order valence-electron chi connectivity index (χ0n) is 9.57. The van der Waals surface area contributed by atoms with Crippen molar-refractivity contribution in [3.63, 3.8) is 0 Å². The molecule has 1 rings (SSSR count). The molecule has 100 valence electrons. The predicted molar refractivity (Wildman–Crippen MR) is 59.8 cm³/mol. The first-order valence-electron chi connectivity index (χ1n) is 5.45. The maximum absolute atomic E-state index is 11.9. The van der Waals surface area contributed by atoms with Gasteiger partial charge in [-0.25, -0.2) is 0 Å². The van der Waals surface area contributed by atoms with Crippen LogP contribution in [0.15, 0.2) is 30.3 Å². The number of aliphatic hydroxyl groups excluding tert-OH is 1. The average molecular weight is 261 g/mol.